The number of likely N-dealkylation sites (tertiary alicyclic amines) is 1. The molecule has 4 rings (SSSR count). The largest absolute Gasteiger partial charge is 0.338 e. The first-order valence-corrected chi connectivity index (χ1v) is 9.10. The lowest BCUT2D eigenvalue weighted by Crippen LogP contribution is -2.39. The van der Waals surface area contributed by atoms with E-state index in [1.807, 2.05) is 18.2 Å². The van der Waals surface area contributed by atoms with Gasteiger partial charge < -0.3 is 9.47 Å². The number of para-hydroxylation sites is 1. The van der Waals surface area contributed by atoms with Gasteiger partial charge >= 0.3 is 0 Å². The summed E-state index contributed by atoms with van der Waals surface area (Å²) in [6, 6.07) is 21.3. The molecule has 1 aromatic heterocycles. The molecular formula is C22H24N2O. The van der Waals surface area contributed by atoms with Crippen LogP contribution in [-0.2, 0) is 17.8 Å². The molecule has 2 aromatic carbocycles. The summed E-state index contributed by atoms with van der Waals surface area (Å²) >= 11 is 0. The minimum atomic E-state index is 0.239. The van der Waals surface area contributed by atoms with Gasteiger partial charge in [0.15, 0.2) is 0 Å². The van der Waals surface area contributed by atoms with Gasteiger partial charge in [0.1, 0.15) is 6.54 Å². The van der Waals surface area contributed by atoms with Gasteiger partial charge in [-0.3, -0.25) is 4.79 Å². The molecule has 3 heteroatoms. The maximum absolute atomic E-state index is 13.0. The Labute approximate surface area is 148 Å². The smallest absolute Gasteiger partial charge is 0.242 e. The lowest BCUT2D eigenvalue weighted by molar-refractivity contribution is -0.132. The average molecular weight is 332 g/mol. The van der Waals surface area contributed by atoms with E-state index in [-0.39, 0.29) is 5.91 Å². The highest BCUT2D eigenvalue weighted by Crippen LogP contribution is 2.24. The first kappa shape index (κ1) is 15.9. The minimum absolute atomic E-state index is 0.239. The van der Waals surface area contributed by atoms with Crippen molar-refractivity contribution in [1.82, 2.24) is 9.47 Å². The topological polar surface area (TPSA) is 25.2 Å². The van der Waals surface area contributed by atoms with Crippen LogP contribution in [0.5, 0.6) is 0 Å². The van der Waals surface area contributed by atoms with Crippen molar-refractivity contribution in [3.63, 3.8) is 0 Å². The van der Waals surface area contributed by atoms with Crippen molar-refractivity contribution in [2.45, 2.75) is 38.8 Å². The van der Waals surface area contributed by atoms with Gasteiger partial charge in [0.05, 0.1) is 0 Å². The molecule has 1 unspecified atom stereocenters. The van der Waals surface area contributed by atoms with Crippen LogP contribution in [0.25, 0.3) is 10.9 Å². The van der Waals surface area contributed by atoms with Crippen LogP contribution in [-0.4, -0.2) is 28.0 Å². The highest BCUT2D eigenvalue weighted by molar-refractivity contribution is 5.84. The van der Waals surface area contributed by atoms with Crippen LogP contribution in [0, 0.1) is 6.92 Å². The summed E-state index contributed by atoms with van der Waals surface area (Å²) in [6.45, 7) is 3.40. The van der Waals surface area contributed by atoms with Crippen molar-refractivity contribution in [1.29, 1.82) is 0 Å². The first-order chi connectivity index (χ1) is 12.2. The van der Waals surface area contributed by atoms with Gasteiger partial charge in [0, 0.05) is 23.8 Å². The summed E-state index contributed by atoms with van der Waals surface area (Å²) in [5.41, 5.74) is 3.61. The molecule has 1 aliphatic rings. The fourth-order valence-electron chi connectivity index (χ4n) is 4.05. The molecule has 0 spiro atoms. The Bertz CT molecular complexity index is 881. The second kappa shape index (κ2) is 6.75. The van der Waals surface area contributed by atoms with Crippen LogP contribution in [0.3, 0.4) is 0 Å². The lowest BCUT2D eigenvalue weighted by Gasteiger charge is -2.25. The number of hydrogen-bond donors (Lipinski definition) is 0. The van der Waals surface area contributed by atoms with E-state index in [0.29, 0.717) is 12.6 Å². The lowest BCUT2D eigenvalue weighted by atomic mass is 10.0. The molecule has 1 aliphatic heterocycles. The Morgan fingerprint density at radius 1 is 1.08 bits per heavy atom. The number of hydrogen-bond acceptors (Lipinski definition) is 1. The van der Waals surface area contributed by atoms with Crippen LogP contribution in [0.1, 0.15) is 24.1 Å². The van der Waals surface area contributed by atoms with E-state index < -0.39 is 0 Å². The van der Waals surface area contributed by atoms with E-state index in [1.54, 1.807) is 0 Å². The minimum Gasteiger partial charge on any atom is -0.338 e. The van der Waals surface area contributed by atoms with Crippen molar-refractivity contribution in [2.24, 2.45) is 0 Å². The third-order valence-electron chi connectivity index (χ3n) is 5.32. The predicted molar refractivity (Wildman–Crippen MR) is 102 cm³/mol. The van der Waals surface area contributed by atoms with Crippen LogP contribution in [0.15, 0.2) is 60.7 Å². The molecule has 0 bridgehead atoms. The fourth-order valence-corrected chi connectivity index (χ4v) is 4.05. The number of rotatable bonds is 4. The molecule has 2 heterocycles. The molecular weight excluding hydrogens is 308 g/mol. The highest BCUT2D eigenvalue weighted by Gasteiger charge is 2.29. The summed E-state index contributed by atoms with van der Waals surface area (Å²) < 4.78 is 2.15. The van der Waals surface area contributed by atoms with Gasteiger partial charge in [-0.15, -0.1) is 0 Å². The second-order valence-corrected chi connectivity index (χ2v) is 7.00. The molecule has 1 saturated heterocycles. The number of carbonyl (C=O) groups excluding carboxylic acids is 1. The summed E-state index contributed by atoms with van der Waals surface area (Å²) in [5.74, 6) is 0.239. The molecule has 0 aliphatic carbocycles. The van der Waals surface area contributed by atoms with Gasteiger partial charge in [-0.2, -0.15) is 0 Å². The molecule has 3 nitrogen and oxygen atoms in total. The molecule has 0 radical (unpaired) electrons. The Morgan fingerprint density at radius 3 is 2.68 bits per heavy atom. The van der Waals surface area contributed by atoms with Crippen molar-refractivity contribution in [3.8, 4) is 0 Å². The SMILES string of the molecule is Cc1cc2ccccc2n1CC(=O)N1CCCC1Cc1ccccc1. The monoisotopic (exact) mass is 332 g/mol. The summed E-state index contributed by atoms with van der Waals surface area (Å²) in [7, 11) is 0. The zero-order chi connectivity index (χ0) is 17.2. The standard InChI is InChI=1S/C22H24N2O/c1-17-14-19-10-5-6-12-21(19)24(17)16-22(25)23-13-7-11-20(23)15-18-8-3-2-4-9-18/h2-6,8-10,12,14,20H,7,11,13,15-16H2,1H3. The second-order valence-electron chi connectivity index (χ2n) is 7.00. The van der Waals surface area contributed by atoms with Crippen molar-refractivity contribution < 1.29 is 4.79 Å². The van der Waals surface area contributed by atoms with E-state index in [9.17, 15) is 4.79 Å². The first-order valence-electron chi connectivity index (χ1n) is 9.10. The zero-order valence-electron chi connectivity index (χ0n) is 14.7. The number of aryl methyl sites for hydroxylation is 1. The molecule has 0 N–H and O–H groups in total. The van der Waals surface area contributed by atoms with Gasteiger partial charge in [-0.1, -0.05) is 48.5 Å². The number of fused-ring (bicyclic) bond motifs is 1. The number of aromatic nitrogens is 1. The Morgan fingerprint density at radius 2 is 1.84 bits per heavy atom. The Hall–Kier alpha value is -2.55. The molecule has 1 amide bonds. The number of benzene rings is 2. The van der Waals surface area contributed by atoms with Crippen molar-refractivity contribution >= 4 is 16.8 Å². The van der Waals surface area contributed by atoms with Crippen molar-refractivity contribution in [3.05, 3.63) is 71.9 Å². The fraction of sp³-hybridized carbons (Fsp3) is 0.318. The highest BCUT2D eigenvalue weighted by atomic mass is 16.2. The summed E-state index contributed by atoms with van der Waals surface area (Å²) in [5, 5.41) is 1.20. The molecule has 0 saturated carbocycles. The van der Waals surface area contributed by atoms with Gasteiger partial charge in [0.2, 0.25) is 5.91 Å². The van der Waals surface area contributed by atoms with E-state index in [1.165, 1.54) is 10.9 Å². The molecule has 3 aromatic rings. The number of carbonyl (C=O) groups is 1. The van der Waals surface area contributed by atoms with Crippen LogP contribution in [0.4, 0.5) is 0 Å². The quantitative estimate of drug-likeness (QED) is 0.703. The summed E-state index contributed by atoms with van der Waals surface area (Å²) in [6.07, 6.45) is 3.17. The molecule has 25 heavy (non-hydrogen) atoms. The molecule has 1 fully saturated rings. The van der Waals surface area contributed by atoms with Crippen LogP contribution >= 0.6 is 0 Å². The van der Waals surface area contributed by atoms with E-state index in [0.717, 1.165) is 37.0 Å². The number of nitrogens with zero attached hydrogens (tertiary/aromatic N) is 2. The molecule has 1 atom stereocenters. The Kier molecular flexibility index (Phi) is 4.31. The van der Waals surface area contributed by atoms with Gasteiger partial charge in [-0.05, 0) is 49.3 Å². The maximum atomic E-state index is 13.0. The van der Waals surface area contributed by atoms with Gasteiger partial charge in [-0.25, -0.2) is 0 Å². The van der Waals surface area contributed by atoms with Crippen LogP contribution in [0.2, 0.25) is 0 Å². The van der Waals surface area contributed by atoms with E-state index >= 15 is 0 Å². The average Bonchev–Trinajstić information content (AvgIpc) is 3.21. The van der Waals surface area contributed by atoms with E-state index in [2.05, 4.69) is 58.9 Å². The van der Waals surface area contributed by atoms with Crippen molar-refractivity contribution in [2.75, 3.05) is 6.54 Å². The summed E-state index contributed by atoms with van der Waals surface area (Å²) in [4.78, 5) is 15.1. The maximum Gasteiger partial charge on any atom is 0.242 e. The third-order valence-corrected chi connectivity index (χ3v) is 5.32. The Balaban J connectivity index is 1.52. The normalized spacial score (nSPS) is 17.3. The third kappa shape index (κ3) is 3.19. The van der Waals surface area contributed by atoms with E-state index in [4.69, 9.17) is 0 Å². The van der Waals surface area contributed by atoms with Gasteiger partial charge in [0.25, 0.3) is 0 Å². The molecule has 128 valence electrons. The predicted octanol–water partition coefficient (Wildman–Crippen LogP) is 4.18. The van der Waals surface area contributed by atoms with Crippen LogP contribution < -0.4 is 0 Å². The zero-order valence-corrected chi connectivity index (χ0v) is 14.7. The number of amides is 1.